The minimum Gasteiger partial charge on any atom is -0.490 e. The molecule has 152 valence electrons. The summed E-state index contributed by atoms with van der Waals surface area (Å²) in [5.74, 6) is 1.54. The molecule has 0 fully saturated rings. The van der Waals surface area contributed by atoms with Crippen molar-refractivity contribution in [2.24, 2.45) is 0 Å². The van der Waals surface area contributed by atoms with Gasteiger partial charge in [0.1, 0.15) is 6.61 Å². The minimum absolute atomic E-state index is 0.515. The van der Waals surface area contributed by atoms with Gasteiger partial charge in [-0.1, -0.05) is 76.1 Å². The van der Waals surface area contributed by atoms with Crippen LogP contribution in [0.3, 0.4) is 0 Å². The standard InChI is InChI=1S/C25H28BrNO2/c1-3-28-24-15-22(17-27-14-13-20-7-5-4-6-8-20)23(26)16-25(24)29-18-21-11-9-19(2)10-12-21/h4-12,15-16,27H,3,13-14,17-18H2,1-2H3. The molecule has 3 aromatic carbocycles. The number of rotatable bonds is 10. The third-order valence-corrected chi connectivity index (χ3v) is 5.41. The minimum atomic E-state index is 0.515. The highest BCUT2D eigenvalue weighted by molar-refractivity contribution is 9.10. The Morgan fingerprint density at radius 3 is 2.31 bits per heavy atom. The molecule has 29 heavy (non-hydrogen) atoms. The quantitative estimate of drug-likeness (QED) is 0.378. The van der Waals surface area contributed by atoms with Gasteiger partial charge in [-0.05, 0) is 55.6 Å². The molecule has 3 aromatic rings. The lowest BCUT2D eigenvalue weighted by Crippen LogP contribution is -2.17. The molecule has 0 aliphatic heterocycles. The lowest BCUT2D eigenvalue weighted by molar-refractivity contribution is 0.269. The van der Waals surface area contributed by atoms with Gasteiger partial charge in [0.25, 0.3) is 0 Å². The van der Waals surface area contributed by atoms with Gasteiger partial charge in [-0.25, -0.2) is 0 Å². The number of nitrogens with one attached hydrogen (secondary N) is 1. The normalized spacial score (nSPS) is 10.7. The highest BCUT2D eigenvalue weighted by atomic mass is 79.9. The average Bonchev–Trinajstić information content (AvgIpc) is 2.74. The molecule has 0 heterocycles. The molecule has 0 unspecified atom stereocenters. The van der Waals surface area contributed by atoms with Crippen molar-refractivity contribution in [2.45, 2.75) is 33.4 Å². The van der Waals surface area contributed by atoms with Gasteiger partial charge in [-0.15, -0.1) is 0 Å². The van der Waals surface area contributed by atoms with Crippen LogP contribution in [0.2, 0.25) is 0 Å². The molecule has 4 heteroatoms. The number of benzene rings is 3. The lowest BCUT2D eigenvalue weighted by atomic mass is 10.1. The fraction of sp³-hybridized carbons (Fsp3) is 0.280. The van der Waals surface area contributed by atoms with E-state index in [1.807, 2.05) is 19.1 Å². The first-order chi connectivity index (χ1) is 14.2. The summed E-state index contributed by atoms with van der Waals surface area (Å²) >= 11 is 3.69. The Hall–Kier alpha value is -2.30. The average molecular weight is 454 g/mol. The van der Waals surface area contributed by atoms with Crippen LogP contribution in [0, 0.1) is 6.92 Å². The van der Waals surface area contributed by atoms with Crippen LogP contribution in [-0.4, -0.2) is 13.2 Å². The second-order valence-corrected chi connectivity index (χ2v) is 7.86. The van der Waals surface area contributed by atoms with Crippen molar-refractivity contribution in [3.63, 3.8) is 0 Å². The summed E-state index contributed by atoms with van der Waals surface area (Å²) in [4.78, 5) is 0. The van der Waals surface area contributed by atoms with E-state index in [0.717, 1.165) is 46.6 Å². The van der Waals surface area contributed by atoms with Crippen LogP contribution >= 0.6 is 15.9 Å². The summed E-state index contributed by atoms with van der Waals surface area (Å²) in [5, 5.41) is 3.52. The highest BCUT2D eigenvalue weighted by Gasteiger charge is 2.11. The van der Waals surface area contributed by atoms with Crippen molar-refractivity contribution in [3.8, 4) is 11.5 Å². The number of ether oxygens (including phenoxy) is 2. The van der Waals surface area contributed by atoms with E-state index >= 15 is 0 Å². The Morgan fingerprint density at radius 2 is 1.59 bits per heavy atom. The summed E-state index contributed by atoms with van der Waals surface area (Å²) in [5.41, 5.74) is 4.88. The molecule has 0 saturated heterocycles. The number of hydrogen-bond donors (Lipinski definition) is 1. The first-order valence-electron chi connectivity index (χ1n) is 10.0. The van der Waals surface area contributed by atoms with Crippen LogP contribution in [0.4, 0.5) is 0 Å². The molecule has 3 nitrogen and oxygen atoms in total. The largest absolute Gasteiger partial charge is 0.490 e. The summed E-state index contributed by atoms with van der Waals surface area (Å²) in [6.45, 7) is 6.88. The third-order valence-electron chi connectivity index (χ3n) is 4.68. The van der Waals surface area contributed by atoms with Gasteiger partial charge in [0, 0.05) is 11.0 Å². The predicted molar refractivity (Wildman–Crippen MR) is 123 cm³/mol. The van der Waals surface area contributed by atoms with Gasteiger partial charge in [0.2, 0.25) is 0 Å². The number of halogens is 1. The van der Waals surface area contributed by atoms with Gasteiger partial charge in [-0.3, -0.25) is 0 Å². The van der Waals surface area contributed by atoms with E-state index in [0.29, 0.717) is 13.2 Å². The summed E-state index contributed by atoms with van der Waals surface area (Å²) in [7, 11) is 0. The van der Waals surface area contributed by atoms with E-state index in [1.165, 1.54) is 11.1 Å². The van der Waals surface area contributed by atoms with Crippen molar-refractivity contribution >= 4 is 15.9 Å². The molecule has 1 N–H and O–H groups in total. The van der Waals surface area contributed by atoms with Crippen molar-refractivity contribution in [1.82, 2.24) is 5.32 Å². The molecule has 0 bridgehead atoms. The molecule has 3 rings (SSSR count). The van der Waals surface area contributed by atoms with E-state index in [4.69, 9.17) is 9.47 Å². The third kappa shape index (κ3) is 6.62. The smallest absolute Gasteiger partial charge is 0.162 e. The Kier molecular flexibility index (Phi) is 8.14. The van der Waals surface area contributed by atoms with Crippen LogP contribution in [0.1, 0.15) is 29.2 Å². The van der Waals surface area contributed by atoms with E-state index in [2.05, 4.69) is 82.8 Å². The van der Waals surface area contributed by atoms with Crippen LogP contribution in [-0.2, 0) is 19.6 Å². The van der Waals surface area contributed by atoms with E-state index in [9.17, 15) is 0 Å². The van der Waals surface area contributed by atoms with Gasteiger partial charge in [0.05, 0.1) is 6.61 Å². The maximum atomic E-state index is 6.06. The van der Waals surface area contributed by atoms with Gasteiger partial charge in [-0.2, -0.15) is 0 Å². The first-order valence-corrected chi connectivity index (χ1v) is 10.8. The summed E-state index contributed by atoms with van der Waals surface area (Å²) in [6, 6.07) is 23.0. The molecule has 0 aliphatic rings. The SMILES string of the molecule is CCOc1cc(CNCCc2ccccc2)c(Br)cc1OCc1ccc(C)cc1. The first kappa shape index (κ1) is 21.4. The molecule has 0 saturated carbocycles. The van der Waals surface area contributed by atoms with Crippen molar-refractivity contribution in [2.75, 3.05) is 13.2 Å². The zero-order chi connectivity index (χ0) is 20.5. The van der Waals surface area contributed by atoms with E-state index in [-0.39, 0.29) is 0 Å². The highest BCUT2D eigenvalue weighted by Crippen LogP contribution is 2.34. The molecular formula is C25H28BrNO2. The number of hydrogen-bond acceptors (Lipinski definition) is 3. The van der Waals surface area contributed by atoms with Crippen molar-refractivity contribution in [3.05, 3.63) is 93.5 Å². The van der Waals surface area contributed by atoms with Crippen molar-refractivity contribution < 1.29 is 9.47 Å². The Bertz CT molecular complexity index is 895. The van der Waals surface area contributed by atoms with E-state index in [1.54, 1.807) is 0 Å². The Labute approximate surface area is 182 Å². The van der Waals surface area contributed by atoms with Crippen LogP contribution in [0.25, 0.3) is 0 Å². The predicted octanol–water partition coefficient (Wildman–Crippen LogP) is 6.07. The van der Waals surface area contributed by atoms with Crippen LogP contribution in [0.15, 0.2) is 71.2 Å². The van der Waals surface area contributed by atoms with Crippen LogP contribution in [0.5, 0.6) is 11.5 Å². The summed E-state index contributed by atoms with van der Waals surface area (Å²) in [6.07, 6.45) is 1.01. The Balaban J connectivity index is 1.61. The molecule has 0 radical (unpaired) electrons. The monoisotopic (exact) mass is 453 g/mol. The van der Waals surface area contributed by atoms with E-state index < -0.39 is 0 Å². The zero-order valence-electron chi connectivity index (χ0n) is 17.1. The van der Waals surface area contributed by atoms with Crippen LogP contribution < -0.4 is 14.8 Å². The zero-order valence-corrected chi connectivity index (χ0v) is 18.7. The fourth-order valence-electron chi connectivity index (χ4n) is 3.04. The maximum Gasteiger partial charge on any atom is 0.162 e. The Morgan fingerprint density at radius 1 is 0.862 bits per heavy atom. The van der Waals surface area contributed by atoms with Gasteiger partial charge >= 0.3 is 0 Å². The molecule has 0 atom stereocenters. The fourth-order valence-corrected chi connectivity index (χ4v) is 3.50. The number of aryl methyl sites for hydroxylation is 1. The molecule has 0 spiro atoms. The molecule has 0 aromatic heterocycles. The second-order valence-electron chi connectivity index (χ2n) is 7.01. The molecule has 0 amide bonds. The van der Waals surface area contributed by atoms with Gasteiger partial charge in [0.15, 0.2) is 11.5 Å². The second kappa shape index (κ2) is 11.0. The maximum absolute atomic E-state index is 6.06. The van der Waals surface area contributed by atoms with Gasteiger partial charge < -0.3 is 14.8 Å². The molecule has 0 aliphatic carbocycles. The summed E-state index contributed by atoms with van der Waals surface area (Å²) < 4.78 is 12.9. The molecular weight excluding hydrogens is 426 g/mol. The topological polar surface area (TPSA) is 30.5 Å². The van der Waals surface area contributed by atoms with Crippen molar-refractivity contribution in [1.29, 1.82) is 0 Å². The lowest BCUT2D eigenvalue weighted by Gasteiger charge is -2.16.